The molecule has 1 atom stereocenters. The monoisotopic (exact) mass is 218 g/mol. The second kappa shape index (κ2) is 3.10. The Hall–Kier alpha value is -1.82. The van der Waals surface area contributed by atoms with E-state index in [1.54, 1.807) is 5.56 Å². The van der Waals surface area contributed by atoms with Crippen LogP contribution in [0, 0.1) is 0 Å². The Kier molecular flexibility index (Phi) is 1.69. The molecule has 0 heterocycles. The van der Waals surface area contributed by atoms with Crippen LogP contribution in [0.4, 0.5) is 0 Å². The first-order valence-electron chi connectivity index (χ1n) is 6.25. The van der Waals surface area contributed by atoms with Gasteiger partial charge in [-0.05, 0) is 45.7 Å². The zero-order valence-corrected chi connectivity index (χ0v) is 9.90. The summed E-state index contributed by atoms with van der Waals surface area (Å²) in [6.45, 7) is 2.21. The van der Waals surface area contributed by atoms with Crippen molar-refractivity contribution >= 4 is 22.4 Å². The van der Waals surface area contributed by atoms with Gasteiger partial charge in [0, 0.05) is 5.92 Å². The molecule has 17 heavy (non-hydrogen) atoms. The van der Waals surface area contributed by atoms with Crippen LogP contribution in [0.25, 0.3) is 22.4 Å². The van der Waals surface area contributed by atoms with Gasteiger partial charge in [0.15, 0.2) is 0 Å². The van der Waals surface area contributed by atoms with E-state index in [1.807, 2.05) is 0 Å². The van der Waals surface area contributed by atoms with Crippen molar-refractivity contribution in [3.8, 4) is 0 Å². The number of hydrogen-bond acceptors (Lipinski definition) is 0. The molecule has 1 unspecified atom stereocenters. The van der Waals surface area contributed by atoms with Crippen LogP contribution in [0.5, 0.6) is 0 Å². The zero-order valence-electron chi connectivity index (χ0n) is 9.90. The topological polar surface area (TPSA) is 0 Å². The third-order valence-electron chi connectivity index (χ3n) is 4.08. The highest BCUT2D eigenvalue weighted by atomic mass is 14.2. The van der Waals surface area contributed by atoms with Crippen LogP contribution in [-0.4, -0.2) is 0 Å². The van der Waals surface area contributed by atoms with E-state index in [4.69, 9.17) is 0 Å². The summed E-state index contributed by atoms with van der Waals surface area (Å²) >= 11 is 0. The maximum absolute atomic E-state index is 2.38. The van der Waals surface area contributed by atoms with E-state index in [-0.39, 0.29) is 0 Å². The highest BCUT2D eigenvalue weighted by molar-refractivity contribution is 5.90. The van der Waals surface area contributed by atoms with Crippen LogP contribution in [0.3, 0.4) is 0 Å². The average molecular weight is 218 g/mol. The van der Waals surface area contributed by atoms with Gasteiger partial charge >= 0.3 is 0 Å². The van der Waals surface area contributed by atoms with Gasteiger partial charge in [-0.25, -0.2) is 0 Å². The van der Waals surface area contributed by atoms with E-state index < -0.39 is 0 Å². The Balaban J connectivity index is 2.37. The molecule has 0 fully saturated rings. The molecule has 4 rings (SSSR count). The van der Waals surface area contributed by atoms with E-state index in [0.717, 1.165) is 6.42 Å². The number of rotatable bonds is 0. The summed E-state index contributed by atoms with van der Waals surface area (Å²) < 4.78 is 0. The van der Waals surface area contributed by atoms with Crippen molar-refractivity contribution in [1.82, 2.24) is 0 Å². The number of hydrogen-bond donors (Lipinski definition) is 0. The highest BCUT2D eigenvalue weighted by Gasteiger charge is 2.19. The minimum atomic E-state index is 0.590. The lowest BCUT2D eigenvalue weighted by Crippen LogP contribution is -2.24. The van der Waals surface area contributed by atoms with Crippen molar-refractivity contribution in [1.29, 1.82) is 0 Å². The molecule has 0 saturated carbocycles. The fourth-order valence-corrected chi connectivity index (χ4v) is 3.23. The predicted molar refractivity (Wildman–Crippen MR) is 73.2 cm³/mol. The SMILES string of the molecule is CC1=c2ccc3cccc4c3c2C(C=C1)CC=4. The molecular weight excluding hydrogens is 204 g/mol. The van der Waals surface area contributed by atoms with Gasteiger partial charge in [0.2, 0.25) is 0 Å². The molecule has 2 aliphatic carbocycles. The van der Waals surface area contributed by atoms with Crippen LogP contribution >= 0.6 is 0 Å². The Morgan fingerprint density at radius 1 is 1.12 bits per heavy atom. The Bertz CT molecular complexity index is 776. The van der Waals surface area contributed by atoms with Gasteiger partial charge in [0.05, 0.1) is 0 Å². The Morgan fingerprint density at radius 3 is 3.00 bits per heavy atom. The molecule has 0 N–H and O–H groups in total. The quantitative estimate of drug-likeness (QED) is 0.638. The third kappa shape index (κ3) is 1.13. The normalized spacial score (nSPS) is 20.5. The maximum Gasteiger partial charge on any atom is 0.00684 e. The van der Waals surface area contributed by atoms with Crippen LogP contribution in [-0.2, 0) is 0 Å². The van der Waals surface area contributed by atoms with Gasteiger partial charge in [0.25, 0.3) is 0 Å². The Morgan fingerprint density at radius 2 is 2.06 bits per heavy atom. The fraction of sp³-hybridized carbons (Fsp3) is 0.176. The van der Waals surface area contributed by atoms with Crippen LogP contribution in [0.15, 0.2) is 42.5 Å². The zero-order chi connectivity index (χ0) is 11.4. The van der Waals surface area contributed by atoms with Crippen LogP contribution in [0.2, 0.25) is 0 Å². The first-order chi connectivity index (χ1) is 8.34. The number of allylic oxidation sites excluding steroid dienone is 2. The molecule has 82 valence electrons. The van der Waals surface area contributed by atoms with Crippen molar-refractivity contribution in [2.24, 2.45) is 0 Å². The van der Waals surface area contributed by atoms with Gasteiger partial charge in [-0.2, -0.15) is 0 Å². The smallest absolute Gasteiger partial charge is 0.00684 e. The van der Waals surface area contributed by atoms with Gasteiger partial charge in [-0.15, -0.1) is 0 Å². The summed E-state index contributed by atoms with van der Waals surface area (Å²) in [4.78, 5) is 0. The molecule has 0 amide bonds. The van der Waals surface area contributed by atoms with Gasteiger partial charge < -0.3 is 0 Å². The summed E-state index contributed by atoms with van der Waals surface area (Å²) in [5.41, 5.74) is 2.95. The second-order valence-electron chi connectivity index (χ2n) is 5.06. The lowest BCUT2D eigenvalue weighted by Gasteiger charge is -2.23. The predicted octanol–water partition coefficient (Wildman–Crippen LogP) is 2.85. The molecule has 0 spiro atoms. The highest BCUT2D eigenvalue weighted by Crippen LogP contribution is 2.30. The molecule has 2 aromatic rings. The van der Waals surface area contributed by atoms with Crippen LogP contribution < -0.4 is 10.4 Å². The van der Waals surface area contributed by atoms with Gasteiger partial charge in [-0.1, -0.05) is 48.6 Å². The van der Waals surface area contributed by atoms with E-state index in [2.05, 4.69) is 55.5 Å². The van der Waals surface area contributed by atoms with Crippen molar-refractivity contribution in [2.75, 3.05) is 0 Å². The molecule has 2 aliphatic rings. The minimum Gasteiger partial charge on any atom is -0.0764 e. The first kappa shape index (κ1) is 9.23. The van der Waals surface area contributed by atoms with E-state index in [1.165, 1.54) is 26.8 Å². The molecule has 0 aromatic heterocycles. The van der Waals surface area contributed by atoms with Crippen LogP contribution in [0.1, 0.15) is 24.8 Å². The standard InChI is InChI=1S/C17H14/c1-11-5-6-14-8-7-12-3-2-4-13-9-10-15(11)17(14)16(12)13/h2-7,9-10,14H,8H2,1H3. The van der Waals surface area contributed by atoms with Gasteiger partial charge in [0.1, 0.15) is 0 Å². The minimum absolute atomic E-state index is 0.590. The molecule has 2 aromatic carbocycles. The molecule has 0 heteroatoms. The van der Waals surface area contributed by atoms with E-state index in [0.29, 0.717) is 5.92 Å². The Labute approximate surface area is 101 Å². The summed E-state index contributed by atoms with van der Waals surface area (Å²) in [5.74, 6) is 0.590. The third-order valence-corrected chi connectivity index (χ3v) is 4.08. The summed E-state index contributed by atoms with van der Waals surface area (Å²) in [6, 6.07) is 11.2. The maximum atomic E-state index is 2.38. The molecule has 0 radical (unpaired) electrons. The summed E-state index contributed by atoms with van der Waals surface area (Å²) in [6.07, 6.45) is 8.17. The molecule has 0 nitrogen and oxygen atoms in total. The molecule has 0 saturated heterocycles. The van der Waals surface area contributed by atoms with E-state index in [9.17, 15) is 0 Å². The molecular formula is C17H14. The van der Waals surface area contributed by atoms with Crippen molar-refractivity contribution in [3.05, 3.63) is 58.5 Å². The van der Waals surface area contributed by atoms with Crippen molar-refractivity contribution in [2.45, 2.75) is 19.3 Å². The second-order valence-corrected chi connectivity index (χ2v) is 5.06. The average Bonchev–Trinajstić information content (AvgIpc) is 2.38. The summed E-state index contributed by atoms with van der Waals surface area (Å²) in [7, 11) is 0. The van der Waals surface area contributed by atoms with E-state index >= 15 is 0 Å². The van der Waals surface area contributed by atoms with Crippen molar-refractivity contribution in [3.63, 3.8) is 0 Å². The first-order valence-corrected chi connectivity index (χ1v) is 6.25. The van der Waals surface area contributed by atoms with Gasteiger partial charge in [-0.3, -0.25) is 0 Å². The fourth-order valence-electron chi connectivity index (χ4n) is 3.23. The lowest BCUT2D eigenvalue weighted by atomic mass is 9.81. The molecule has 0 bridgehead atoms. The lowest BCUT2D eigenvalue weighted by molar-refractivity contribution is 0.874. The molecule has 0 aliphatic heterocycles. The summed E-state index contributed by atoms with van der Waals surface area (Å²) in [5, 5.41) is 5.72. The largest absolute Gasteiger partial charge is 0.0764 e. The number of benzene rings is 2. The van der Waals surface area contributed by atoms with Crippen molar-refractivity contribution < 1.29 is 0 Å².